The number of carboxylic acid groups (broad SMARTS) is 4. The number of hydrogen-bond acceptors (Lipinski definition) is 8. The summed E-state index contributed by atoms with van der Waals surface area (Å²) in [7, 11) is 0. The molecule has 49 heavy (non-hydrogen) atoms. The number of nitrogens with zero attached hydrogens (tertiary/aromatic N) is 2. The highest BCUT2D eigenvalue weighted by atomic mass is 16.5. The van der Waals surface area contributed by atoms with Gasteiger partial charge in [-0.25, -0.2) is 19.2 Å². The van der Waals surface area contributed by atoms with Crippen LogP contribution in [-0.4, -0.2) is 111 Å². The average molecular weight is 677 g/mol. The van der Waals surface area contributed by atoms with Gasteiger partial charge in [-0.2, -0.15) is 0 Å². The van der Waals surface area contributed by atoms with Gasteiger partial charge in [-0.1, -0.05) is 91.0 Å². The van der Waals surface area contributed by atoms with E-state index in [1.807, 2.05) is 37.3 Å². The van der Waals surface area contributed by atoms with Gasteiger partial charge < -0.3 is 30.3 Å². The largest absolute Gasteiger partial charge is 0.478 e. The van der Waals surface area contributed by atoms with Crippen molar-refractivity contribution in [2.24, 2.45) is 0 Å². The molecule has 262 valence electrons. The number of rotatable bonds is 14. The zero-order valence-electron chi connectivity index (χ0n) is 27.4. The van der Waals surface area contributed by atoms with Crippen molar-refractivity contribution < 1.29 is 49.4 Å². The van der Waals surface area contributed by atoms with Gasteiger partial charge in [0.15, 0.2) is 0 Å². The van der Waals surface area contributed by atoms with Crippen LogP contribution in [0.15, 0.2) is 115 Å². The fraction of sp³-hybridized carbons (Fsp3) is 0.297. The molecule has 3 aromatic rings. The minimum absolute atomic E-state index is 0.0400. The second kappa shape index (κ2) is 21.7. The van der Waals surface area contributed by atoms with Crippen LogP contribution in [0.25, 0.3) is 0 Å². The van der Waals surface area contributed by atoms with Crippen molar-refractivity contribution in [3.63, 3.8) is 0 Å². The van der Waals surface area contributed by atoms with Gasteiger partial charge in [-0.15, -0.1) is 0 Å². The molecule has 1 fully saturated rings. The Hall–Kier alpha value is -5.14. The third kappa shape index (κ3) is 18.1. The number of benzene rings is 3. The average Bonchev–Trinajstić information content (AvgIpc) is 3.07. The number of ether oxygens (including phenoxy) is 1. The van der Waals surface area contributed by atoms with Crippen molar-refractivity contribution in [3.8, 4) is 0 Å². The maximum Gasteiger partial charge on any atom is 0.328 e. The monoisotopic (exact) mass is 676 g/mol. The SMILES string of the molecule is CC(O)(Cc1ccccc1)CN1CCN(CCOC(c2ccccc2)c2ccccc2)CC1.O=C(O)/C=C\C(=O)O.O=C(O)/C=C\C(=O)O. The van der Waals surface area contributed by atoms with Crippen LogP contribution < -0.4 is 0 Å². The van der Waals surface area contributed by atoms with Gasteiger partial charge in [-0.05, 0) is 23.6 Å². The Kier molecular flexibility index (Phi) is 17.7. The van der Waals surface area contributed by atoms with Crippen LogP contribution in [0.2, 0.25) is 0 Å². The molecule has 1 saturated heterocycles. The van der Waals surface area contributed by atoms with E-state index in [9.17, 15) is 24.3 Å². The fourth-order valence-electron chi connectivity index (χ4n) is 4.97. The third-order valence-corrected chi connectivity index (χ3v) is 7.09. The van der Waals surface area contributed by atoms with Crippen molar-refractivity contribution in [1.29, 1.82) is 0 Å². The second-order valence-electron chi connectivity index (χ2n) is 11.4. The summed E-state index contributed by atoms with van der Waals surface area (Å²) in [5, 5.41) is 42.2. The summed E-state index contributed by atoms with van der Waals surface area (Å²) in [5.41, 5.74) is 2.85. The highest BCUT2D eigenvalue weighted by molar-refractivity contribution is 5.90. The van der Waals surface area contributed by atoms with Crippen molar-refractivity contribution in [2.45, 2.75) is 25.0 Å². The highest BCUT2D eigenvalue weighted by Crippen LogP contribution is 2.25. The molecule has 1 heterocycles. The van der Waals surface area contributed by atoms with Gasteiger partial charge in [0.05, 0.1) is 12.2 Å². The number of piperazine rings is 1. The number of hydrogen-bond donors (Lipinski definition) is 5. The van der Waals surface area contributed by atoms with Crippen molar-refractivity contribution in [2.75, 3.05) is 45.9 Å². The van der Waals surface area contributed by atoms with Crippen molar-refractivity contribution >= 4 is 23.9 Å². The van der Waals surface area contributed by atoms with Crippen LogP contribution >= 0.6 is 0 Å². The number of carboxylic acids is 4. The Bertz CT molecular complexity index is 1380. The fourth-order valence-corrected chi connectivity index (χ4v) is 4.97. The minimum Gasteiger partial charge on any atom is -0.478 e. The van der Waals surface area contributed by atoms with Gasteiger partial charge in [-0.3, -0.25) is 9.80 Å². The maximum atomic E-state index is 10.9. The minimum atomic E-state index is -1.26. The van der Waals surface area contributed by atoms with Crippen molar-refractivity contribution in [3.05, 3.63) is 132 Å². The van der Waals surface area contributed by atoms with Gasteiger partial charge in [0.25, 0.3) is 0 Å². The Morgan fingerprint density at radius 3 is 1.41 bits per heavy atom. The van der Waals surface area contributed by atoms with Crippen LogP contribution in [0.3, 0.4) is 0 Å². The third-order valence-electron chi connectivity index (χ3n) is 7.09. The van der Waals surface area contributed by atoms with Crippen LogP contribution in [0, 0.1) is 0 Å². The molecule has 0 bridgehead atoms. The van der Waals surface area contributed by atoms with E-state index in [1.54, 1.807) is 0 Å². The van der Waals surface area contributed by atoms with E-state index < -0.39 is 29.5 Å². The molecule has 1 aliphatic rings. The summed E-state index contributed by atoms with van der Waals surface area (Å²) in [4.78, 5) is 43.1. The van der Waals surface area contributed by atoms with E-state index in [0.717, 1.165) is 32.7 Å². The Morgan fingerprint density at radius 1 is 0.653 bits per heavy atom. The van der Waals surface area contributed by atoms with Gasteiger partial charge in [0, 0.05) is 70.0 Å². The number of aliphatic carboxylic acids is 4. The Labute approximate surface area is 285 Å². The number of carbonyl (C=O) groups is 4. The summed E-state index contributed by atoms with van der Waals surface area (Å²) in [5.74, 6) is -5.03. The van der Waals surface area contributed by atoms with E-state index in [0.29, 0.717) is 43.9 Å². The smallest absolute Gasteiger partial charge is 0.328 e. The number of aliphatic hydroxyl groups is 1. The molecule has 3 aromatic carbocycles. The predicted molar refractivity (Wildman–Crippen MR) is 183 cm³/mol. The molecule has 0 amide bonds. The lowest BCUT2D eigenvalue weighted by atomic mass is 9.95. The van der Waals surface area contributed by atoms with E-state index in [2.05, 4.69) is 70.5 Å². The lowest BCUT2D eigenvalue weighted by molar-refractivity contribution is -0.134. The normalized spacial score (nSPS) is 14.7. The Balaban J connectivity index is 0.000000432. The molecule has 5 N–H and O–H groups in total. The highest BCUT2D eigenvalue weighted by Gasteiger charge is 2.27. The summed E-state index contributed by atoms with van der Waals surface area (Å²) in [6, 6.07) is 31.2. The predicted octanol–water partition coefficient (Wildman–Crippen LogP) is 3.83. The molecule has 4 rings (SSSR count). The maximum absolute atomic E-state index is 10.9. The summed E-state index contributed by atoms with van der Waals surface area (Å²) < 4.78 is 6.40. The standard InChI is InChI=1S/C29H36N2O2.2C4H4O4/c1-29(32,23-25-11-5-2-6-12-25)24-31-19-17-30(18-20-31)21-22-33-28(26-13-7-3-8-14-26)27-15-9-4-10-16-27;2*5-3(6)1-2-4(7)8/h2-16,28,32H,17-24H2,1H3;2*1-2H,(H,5,6)(H,7,8)/b;2*2-1-. The number of β-amino-alcohol motifs (C(OH)–C–C–N with tert-alkyl or cyclic N) is 1. The molecule has 12 nitrogen and oxygen atoms in total. The van der Waals surface area contributed by atoms with Crippen LogP contribution in [-0.2, 0) is 30.3 Å². The molecule has 0 aromatic heterocycles. The van der Waals surface area contributed by atoms with Crippen LogP contribution in [0.1, 0.15) is 29.7 Å². The molecule has 0 aliphatic carbocycles. The van der Waals surface area contributed by atoms with E-state index in [1.165, 1.54) is 16.7 Å². The zero-order valence-corrected chi connectivity index (χ0v) is 27.4. The first-order valence-electron chi connectivity index (χ1n) is 15.5. The summed E-state index contributed by atoms with van der Waals surface area (Å²) >= 11 is 0. The first-order valence-corrected chi connectivity index (χ1v) is 15.5. The molecule has 1 atom stereocenters. The molecule has 12 heteroatoms. The quantitative estimate of drug-likeness (QED) is 0.156. The van der Waals surface area contributed by atoms with Gasteiger partial charge in [0.1, 0.15) is 6.10 Å². The lowest BCUT2D eigenvalue weighted by Gasteiger charge is -2.38. The molecule has 0 saturated carbocycles. The van der Waals surface area contributed by atoms with Gasteiger partial charge >= 0.3 is 23.9 Å². The van der Waals surface area contributed by atoms with Crippen LogP contribution in [0.5, 0.6) is 0 Å². The topological polar surface area (TPSA) is 185 Å². The Morgan fingerprint density at radius 2 is 1.02 bits per heavy atom. The molecular weight excluding hydrogens is 632 g/mol. The van der Waals surface area contributed by atoms with Crippen LogP contribution in [0.4, 0.5) is 0 Å². The van der Waals surface area contributed by atoms with Crippen molar-refractivity contribution in [1.82, 2.24) is 9.80 Å². The molecule has 1 unspecified atom stereocenters. The van der Waals surface area contributed by atoms with E-state index in [-0.39, 0.29) is 6.10 Å². The molecule has 1 aliphatic heterocycles. The van der Waals surface area contributed by atoms with E-state index in [4.69, 9.17) is 25.2 Å². The lowest BCUT2D eigenvalue weighted by Crippen LogP contribution is -2.52. The first-order chi connectivity index (χ1) is 23.3. The molecular formula is C37H44N2O10. The molecule has 0 spiro atoms. The summed E-state index contributed by atoms with van der Waals surface area (Å²) in [6.45, 7) is 8.24. The second-order valence-corrected chi connectivity index (χ2v) is 11.4. The molecule has 0 radical (unpaired) electrons. The van der Waals surface area contributed by atoms with Gasteiger partial charge in [0.2, 0.25) is 0 Å². The van der Waals surface area contributed by atoms with E-state index >= 15 is 0 Å². The zero-order chi connectivity index (χ0) is 36.1. The summed E-state index contributed by atoms with van der Waals surface area (Å²) in [6.07, 6.45) is 2.87. The first kappa shape index (κ1) is 40.0.